The first kappa shape index (κ1) is 19.4. The number of hydrogen-bond donors (Lipinski definition) is 0. The van der Waals surface area contributed by atoms with E-state index >= 15 is 0 Å². The topological polar surface area (TPSA) is 8.17 Å². The number of halogens is 1. The quantitative estimate of drug-likeness (QED) is 0.483. The molecule has 0 aliphatic carbocycles. The van der Waals surface area contributed by atoms with Crippen molar-refractivity contribution < 1.29 is 4.39 Å². The molecule has 1 heterocycles. The number of benzene rings is 2. The smallest absolute Gasteiger partial charge is 0.123 e. The van der Waals surface area contributed by atoms with Crippen molar-refractivity contribution in [3.63, 3.8) is 0 Å². The first-order valence-electron chi connectivity index (χ1n) is 9.70. The fraction of sp³-hybridized carbons (Fsp3) is 0.333. The van der Waals surface area contributed by atoms with E-state index in [0.29, 0.717) is 12.0 Å². The van der Waals surface area contributed by atoms with E-state index in [1.54, 1.807) is 0 Å². The van der Waals surface area contributed by atoms with Crippen molar-refractivity contribution >= 4 is 0 Å². The highest BCUT2D eigenvalue weighted by atomic mass is 19.1. The summed E-state index contributed by atoms with van der Waals surface area (Å²) in [5.74, 6) is 0.406. The maximum Gasteiger partial charge on any atom is 0.123 e. The molecule has 1 aromatic heterocycles. The molecule has 0 fully saturated rings. The van der Waals surface area contributed by atoms with E-state index < -0.39 is 0 Å². The summed E-state index contributed by atoms with van der Waals surface area (Å²) >= 11 is 0. The van der Waals surface area contributed by atoms with Gasteiger partial charge in [-0.15, -0.1) is 0 Å². The third-order valence-corrected chi connectivity index (χ3v) is 4.98. The number of nitrogens with zero attached hydrogens (tertiary/aromatic N) is 2. The molecular formula is C24H29FN2. The molecule has 1 atom stereocenters. The molecule has 142 valence electrons. The molecule has 3 aromatic rings. The fourth-order valence-electron chi connectivity index (χ4n) is 3.51. The normalized spacial score (nSPS) is 12.7. The van der Waals surface area contributed by atoms with E-state index in [4.69, 9.17) is 0 Å². The van der Waals surface area contributed by atoms with Crippen molar-refractivity contribution in [1.82, 2.24) is 9.47 Å². The molecule has 0 N–H and O–H groups in total. The lowest BCUT2D eigenvalue weighted by atomic mass is 10.0. The van der Waals surface area contributed by atoms with Gasteiger partial charge in [0.2, 0.25) is 0 Å². The Labute approximate surface area is 162 Å². The molecule has 0 radical (unpaired) electrons. The van der Waals surface area contributed by atoms with Crippen LogP contribution < -0.4 is 0 Å². The average molecular weight is 365 g/mol. The van der Waals surface area contributed by atoms with Gasteiger partial charge in [-0.25, -0.2) is 4.39 Å². The zero-order chi connectivity index (χ0) is 19.2. The summed E-state index contributed by atoms with van der Waals surface area (Å²) in [4.78, 5) is 2.54. The van der Waals surface area contributed by atoms with E-state index in [2.05, 4.69) is 78.9 Å². The van der Waals surface area contributed by atoms with Crippen molar-refractivity contribution in [3.05, 3.63) is 95.6 Å². The minimum atomic E-state index is -0.189. The van der Waals surface area contributed by atoms with Crippen LogP contribution in [0.25, 0.3) is 0 Å². The van der Waals surface area contributed by atoms with Crippen LogP contribution in [0.1, 0.15) is 43.6 Å². The summed E-state index contributed by atoms with van der Waals surface area (Å²) in [6, 6.07) is 22.1. The van der Waals surface area contributed by atoms with Crippen LogP contribution in [0.4, 0.5) is 4.39 Å². The van der Waals surface area contributed by atoms with Crippen molar-refractivity contribution in [2.75, 3.05) is 6.54 Å². The predicted molar refractivity (Wildman–Crippen MR) is 110 cm³/mol. The van der Waals surface area contributed by atoms with Crippen LogP contribution in [-0.2, 0) is 13.1 Å². The van der Waals surface area contributed by atoms with Crippen molar-refractivity contribution in [3.8, 4) is 0 Å². The number of hydrogen-bond acceptors (Lipinski definition) is 1. The summed E-state index contributed by atoms with van der Waals surface area (Å²) in [5.41, 5.74) is 3.73. The lowest BCUT2D eigenvalue weighted by molar-refractivity contribution is 0.174. The van der Waals surface area contributed by atoms with Crippen LogP contribution >= 0.6 is 0 Å². The Morgan fingerprint density at radius 1 is 0.889 bits per heavy atom. The van der Waals surface area contributed by atoms with E-state index in [9.17, 15) is 4.39 Å². The SMILES string of the molecule is CC(C)CN(Cc1cccn1Cc1ccc(F)cc1)[C@@H](C)c1ccccc1. The lowest BCUT2D eigenvalue weighted by Crippen LogP contribution is -2.31. The molecule has 0 saturated heterocycles. The van der Waals surface area contributed by atoms with Gasteiger partial charge in [0, 0.05) is 37.6 Å². The molecule has 2 nitrogen and oxygen atoms in total. The van der Waals surface area contributed by atoms with Crippen LogP contribution in [0, 0.1) is 11.7 Å². The van der Waals surface area contributed by atoms with Gasteiger partial charge < -0.3 is 4.57 Å². The molecule has 0 amide bonds. The Hall–Kier alpha value is -2.39. The second-order valence-electron chi connectivity index (χ2n) is 7.66. The molecule has 0 unspecified atom stereocenters. The highest BCUT2D eigenvalue weighted by Gasteiger charge is 2.18. The minimum Gasteiger partial charge on any atom is -0.346 e. The van der Waals surface area contributed by atoms with Crippen LogP contribution in [0.5, 0.6) is 0 Å². The van der Waals surface area contributed by atoms with E-state index in [-0.39, 0.29) is 5.82 Å². The van der Waals surface area contributed by atoms with Crippen LogP contribution in [0.2, 0.25) is 0 Å². The standard InChI is InChI=1S/C24H29FN2/c1-19(2)16-27(20(3)22-8-5-4-6-9-22)18-24-10-7-15-26(24)17-21-11-13-23(25)14-12-21/h4-15,19-20H,16-18H2,1-3H3/t20-/m0/s1. The van der Waals surface area contributed by atoms with Crippen molar-refractivity contribution in [2.45, 2.75) is 39.9 Å². The second-order valence-corrected chi connectivity index (χ2v) is 7.66. The van der Waals surface area contributed by atoms with Gasteiger partial charge in [0.1, 0.15) is 5.82 Å². The second kappa shape index (κ2) is 9.01. The van der Waals surface area contributed by atoms with Crippen molar-refractivity contribution in [2.24, 2.45) is 5.92 Å². The predicted octanol–water partition coefficient (Wildman–Crippen LogP) is 5.89. The van der Waals surface area contributed by atoms with Crippen molar-refractivity contribution in [1.29, 1.82) is 0 Å². The molecule has 0 saturated carbocycles. The third kappa shape index (κ3) is 5.30. The molecule has 0 spiro atoms. The first-order chi connectivity index (χ1) is 13.0. The Morgan fingerprint density at radius 2 is 1.59 bits per heavy atom. The van der Waals surface area contributed by atoms with Gasteiger partial charge in [0.05, 0.1) is 0 Å². The van der Waals surface area contributed by atoms with Crippen LogP contribution in [0.15, 0.2) is 72.9 Å². The first-order valence-corrected chi connectivity index (χ1v) is 9.70. The monoisotopic (exact) mass is 364 g/mol. The number of rotatable bonds is 8. The summed E-state index contributed by atoms with van der Waals surface area (Å²) < 4.78 is 15.4. The summed E-state index contributed by atoms with van der Waals surface area (Å²) in [7, 11) is 0. The van der Waals surface area contributed by atoms with Gasteiger partial charge in [-0.05, 0) is 48.2 Å². The van der Waals surface area contributed by atoms with E-state index in [1.807, 2.05) is 12.1 Å². The molecule has 0 bridgehead atoms. The summed E-state index contributed by atoms with van der Waals surface area (Å²) in [6.45, 7) is 9.51. The Balaban J connectivity index is 1.78. The summed E-state index contributed by atoms with van der Waals surface area (Å²) in [6.07, 6.45) is 2.11. The summed E-state index contributed by atoms with van der Waals surface area (Å²) in [5, 5.41) is 0. The fourth-order valence-corrected chi connectivity index (χ4v) is 3.51. The molecule has 3 rings (SSSR count). The highest BCUT2D eigenvalue weighted by molar-refractivity contribution is 5.20. The molecular weight excluding hydrogens is 335 g/mol. The molecule has 3 heteroatoms. The minimum absolute atomic E-state index is 0.189. The van der Waals surface area contributed by atoms with Gasteiger partial charge >= 0.3 is 0 Å². The van der Waals surface area contributed by atoms with E-state index in [1.165, 1.54) is 23.4 Å². The van der Waals surface area contributed by atoms with Gasteiger partial charge in [-0.3, -0.25) is 4.90 Å². The Bertz CT molecular complexity index is 821. The highest BCUT2D eigenvalue weighted by Crippen LogP contribution is 2.24. The van der Waals surface area contributed by atoms with Crippen LogP contribution in [-0.4, -0.2) is 16.0 Å². The van der Waals surface area contributed by atoms with Gasteiger partial charge in [-0.1, -0.05) is 56.3 Å². The van der Waals surface area contributed by atoms with Gasteiger partial charge in [0.25, 0.3) is 0 Å². The molecule has 27 heavy (non-hydrogen) atoms. The lowest BCUT2D eigenvalue weighted by Gasteiger charge is -2.31. The third-order valence-electron chi connectivity index (χ3n) is 4.98. The molecule has 0 aliphatic rings. The van der Waals surface area contributed by atoms with Gasteiger partial charge in [0.15, 0.2) is 0 Å². The maximum atomic E-state index is 13.2. The Morgan fingerprint density at radius 3 is 2.26 bits per heavy atom. The largest absolute Gasteiger partial charge is 0.346 e. The van der Waals surface area contributed by atoms with Gasteiger partial charge in [-0.2, -0.15) is 0 Å². The Kier molecular flexibility index (Phi) is 6.46. The average Bonchev–Trinajstić information content (AvgIpc) is 3.09. The number of aromatic nitrogens is 1. The van der Waals surface area contributed by atoms with E-state index in [0.717, 1.165) is 25.2 Å². The maximum absolute atomic E-state index is 13.2. The molecule has 0 aliphatic heterocycles. The zero-order valence-corrected chi connectivity index (χ0v) is 16.5. The zero-order valence-electron chi connectivity index (χ0n) is 16.5. The van der Waals surface area contributed by atoms with Crippen LogP contribution in [0.3, 0.4) is 0 Å². The molecule has 2 aromatic carbocycles.